The van der Waals surface area contributed by atoms with Crippen LogP contribution in [0.5, 0.6) is 0 Å². The van der Waals surface area contributed by atoms with E-state index in [4.69, 9.17) is 11.6 Å². The zero-order chi connectivity index (χ0) is 19.9. The van der Waals surface area contributed by atoms with E-state index >= 15 is 0 Å². The molecule has 1 aliphatic rings. The third-order valence-electron chi connectivity index (χ3n) is 4.69. The fraction of sp³-hybridized carbons (Fsp3) is 0.263. The summed E-state index contributed by atoms with van der Waals surface area (Å²) in [7, 11) is -3.77. The monoisotopic (exact) mass is 435 g/mol. The molecule has 0 aliphatic carbocycles. The second kappa shape index (κ2) is 7.44. The van der Waals surface area contributed by atoms with Crippen LogP contribution in [0.2, 0.25) is 5.02 Å². The van der Waals surface area contributed by atoms with E-state index in [1.807, 2.05) is 19.1 Å². The van der Waals surface area contributed by atoms with E-state index in [0.717, 1.165) is 15.2 Å². The quantitative estimate of drug-likeness (QED) is 0.670. The number of carbonyl (C=O) groups excluding carboxylic acids is 1. The molecule has 2 heterocycles. The highest BCUT2D eigenvalue weighted by Crippen LogP contribution is 2.29. The first-order chi connectivity index (χ1) is 13.3. The third-order valence-corrected chi connectivity index (χ3v) is 7.80. The molecule has 1 amide bonds. The molecule has 0 saturated carbocycles. The van der Waals surface area contributed by atoms with Gasteiger partial charge in [-0.3, -0.25) is 4.79 Å². The van der Waals surface area contributed by atoms with E-state index in [9.17, 15) is 13.2 Å². The van der Waals surface area contributed by atoms with Gasteiger partial charge < -0.3 is 5.32 Å². The Morgan fingerprint density at radius 3 is 2.75 bits per heavy atom. The number of rotatable bonds is 4. The minimum atomic E-state index is -3.77. The Balaban J connectivity index is 1.56. The van der Waals surface area contributed by atoms with Crippen molar-refractivity contribution in [2.75, 3.05) is 11.9 Å². The van der Waals surface area contributed by atoms with Crippen molar-refractivity contribution in [3.63, 3.8) is 0 Å². The number of hydrogen-bond acceptors (Lipinski definition) is 5. The van der Waals surface area contributed by atoms with Gasteiger partial charge in [0.15, 0.2) is 0 Å². The molecule has 146 valence electrons. The summed E-state index contributed by atoms with van der Waals surface area (Å²) >= 11 is 7.41. The molecule has 1 aromatic heterocycles. The Labute approximate surface area is 172 Å². The molecule has 2 aromatic carbocycles. The molecule has 0 radical (unpaired) electrons. The average Bonchev–Trinajstić information content (AvgIpc) is 3.28. The lowest BCUT2D eigenvalue weighted by Gasteiger charge is -2.23. The number of fused-ring (bicyclic) bond motifs is 1. The minimum absolute atomic E-state index is 0.137. The molecule has 0 bridgehead atoms. The van der Waals surface area contributed by atoms with Crippen LogP contribution in [0, 0.1) is 6.92 Å². The van der Waals surface area contributed by atoms with Gasteiger partial charge in [0.2, 0.25) is 15.9 Å². The molecule has 4 rings (SSSR count). The Bertz CT molecular complexity index is 1140. The number of benzene rings is 2. The SMILES string of the molecule is Cc1nc2ccc(NC(=O)[C@@H]3CCCN3S(=O)(=O)c3ccc(Cl)cc3)cc2s1. The van der Waals surface area contributed by atoms with E-state index in [1.165, 1.54) is 28.6 Å². The highest BCUT2D eigenvalue weighted by molar-refractivity contribution is 7.89. The van der Waals surface area contributed by atoms with E-state index in [-0.39, 0.29) is 10.8 Å². The first-order valence-electron chi connectivity index (χ1n) is 8.80. The summed E-state index contributed by atoms with van der Waals surface area (Å²) in [4.78, 5) is 17.4. The van der Waals surface area contributed by atoms with Gasteiger partial charge in [0.1, 0.15) is 6.04 Å². The number of aryl methyl sites for hydroxylation is 1. The number of thiazole rings is 1. The summed E-state index contributed by atoms with van der Waals surface area (Å²) in [6, 6.07) is 10.8. The number of aromatic nitrogens is 1. The highest BCUT2D eigenvalue weighted by atomic mass is 35.5. The molecule has 1 N–H and O–H groups in total. The maximum Gasteiger partial charge on any atom is 0.243 e. The van der Waals surface area contributed by atoms with E-state index in [1.54, 1.807) is 17.4 Å². The number of halogens is 1. The Morgan fingerprint density at radius 1 is 1.25 bits per heavy atom. The van der Waals surface area contributed by atoms with Gasteiger partial charge in [-0.25, -0.2) is 13.4 Å². The van der Waals surface area contributed by atoms with Crippen molar-refractivity contribution >= 4 is 54.8 Å². The van der Waals surface area contributed by atoms with Crippen LogP contribution in [0.15, 0.2) is 47.4 Å². The summed E-state index contributed by atoms with van der Waals surface area (Å²) in [5.74, 6) is -0.323. The van der Waals surface area contributed by atoms with Crippen LogP contribution in [0.25, 0.3) is 10.2 Å². The molecule has 1 saturated heterocycles. The largest absolute Gasteiger partial charge is 0.325 e. The second-order valence-electron chi connectivity index (χ2n) is 6.63. The van der Waals surface area contributed by atoms with Crippen molar-refractivity contribution in [2.45, 2.75) is 30.7 Å². The van der Waals surface area contributed by atoms with Crippen LogP contribution in [0.1, 0.15) is 17.8 Å². The maximum absolute atomic E-state index is 13.0. The minimum Gasteiger partial charge on any atom is -0.325 e. The standard InChI is InChI=1S/C19H18ClN3O3S2/c1-12-21-16-9-6-14(11-18(16)27-12)22-19(24)17-3-2-10-23(17)28(25,26)15-7-4-13(20)5-8-15/h4-9,11,17H,2-3,10H2,1H3,(H,22,24)/t17-/m0/s1. The maximum atomic E-state index is 13.0. The molecule has 3 aromatic rings. The van der Waals surface area contributed by atoms with Gasteiger partial charge in [-0.2, -0.15) is 4.31 Å². The fourth-order valence-electron chi connectivity index (χ4n) is 3.37. The molecular formula is C19H18ClN3O3S2. The summed E-state index contributed by atoms with van der Waals surface area (Å²) in [5, 5.41) is 4.28. The summed E-state index contributed by atoms with van der Waals surface area (Å²) in [5.41, 5.74) is 1.52. The van der Waals surface area contributed by atoms with E-state index in [2.05, 4.69) is 10.3 Å². The van der Waals surface area contributed by atoms with Gasteiger partial charge >= 0.3 is 0 Å². The predicted octanol–water partition coefficient (Wildman–Crippen LogP) is 4.05. The van der Waals surface area contributed by atoms with Crippen LogP contribution in [0.3, 0.4) is 0 Å². The molecule has 28 heavy (non-hydrogen) atoms. The van der Waals surface area contributed by atoms with Crippen molar-refractivity contribution in [3.8, 4) is 0 Å². The van der Waals surface area contributed by atoms with Gasteiger partial charge in [-0.05, 0) is 62.2 Å². The summed E-state index contributed by atoms with van der Waals surface area (Å²) in [6.07, 6.45) is 1.12. The number of hydrogen-bond donors (Lipinski definition) is 1. The first kappa shape index (κ1) is 19.3. The lowest BCUT2D eigenvalue weighted by molar-refractivity contribution is -0.119. The molecule has 1 fully saturated rings. The van der Waals surface area contributed by atoms with Gasteiger partial charge in [0.05, 0.1) is 20.1 Å². The number of sulfonamides is 1. The van der Waals surface area contributed by atoms with Crippen LogP contribution < -0.4 is 5.32 Å². The highest BCUT2D eigenvalue weighted by Gasteiger charge is 2.39. The summed E-state index contributed by atoms with van der Waals surface area (Å²) in [6.45, 7) is 2.25. The van der Waals surface area contributed by atoms with Crippen molar-refractivity contribution in [1.29, 1.82) is 0 Å². The number of nitrogens with zero attached hydrogens (tertiary/aromatic N) is 2. The van der Waals surface area contributed by atoms with Crippen molar-refractivity contribution < 1.29 is 13.2 Å². The van der Waals surface area contributed by atoms with E-state index in [0.29, 0.717) is 30.1 Å². The van der Waals surface area contributed by atoms with Crippen LogP contribution >= 0.6 is 22.9 Å². The molecular weight excluding hydrogens is 418 g/mol. The average molecular weight is 436 g/mol. The number of anilines is 1. The first-order valence-corrected chi connectivity index (χ1v) is 11.4. The van der Waals surface area contributed by atoms with Gasteiger partial charge in [-0.1, -0.05) is 11.6 Å². The number of amides is 1. The number of carbonyl (C=O) groups is 1. The molecule has 1 aliphatic heterocycles. The Morgan fingerprint density at radius 2 is 2.00 bits per heavy atom. The molecule has 9 heteroatoms. The normalized spacial score (nSPS) is 17.9. The third kappa shape index (κ3) is 3.65. The molecule has 0 unspecified atom stereocenters. The second-order valence-corrected chi connectivity index (χ2v) is 10.2. The predicted molar refractivity (Wildman–Crippen MR) is 111 cm³/mol. The van der Waals surface area contributed by atoms with Crippen LogP contribution in [0.4, 0.5) is 5.69 Å². The van der Waals surface area contributed by atoms with Crippen molar-refractivity contribution in [1.82, 2.24) is 9.29 Å². The number of nitrogens with one attached hydrogen (secondary N) is 1. The zero-order valence-corrected chi connectivity index (χ0v) is 17.4. The topological polar surface area (TPSA) is 79.4 Å². The van der Waals surface area contributed by atoms with Gasteiger partial charge in [0, 0.05) is 17.3 Å². The Kier molecular flexibility index (Phi) is 5.13. The van der Waals surface area contributed by atoms with Gasteiger partial charge in [-0.15, -0.1) is 11.3 Å². The lowest BCUT2D eigenvalue weighted by atomic mass is 10.2. The van der Waals surface area contributed by atoms with Crippen molar-refractivity contribution in [2.24, 2.45) is 0 Å². The van der Waals surface area contributed by atoms with Crippen molar-refractivity contribution in [3.05, 3.63) is 52.5 Å². The molecule has 1 atom stereocenters. The van der Waals surface area contributed by atoms with Gasteiger partial charge in [0.25, 0.3) is 0 Å². The van der Waals surface area contributed by atoms with E-state index < -0.39 is 16.1 Å². The van der Waals surface area contributed by atoms with Crippen LogP contribution in [-0.2, 0) is 14.8 Å². The fourth-order valence-corrected chi connectivity index (χ4v) is 6.02. The zero-order valence-electron chi connectivity index (χ0n) is 15.1. The smallest absolute Gasteiger partial charge is 0.243 e. The molecule has 0 spiro atoms. The lowest BCUT2D eigenvalue weighted by Crippen LogP contribution is -2.43. The molecule has 6 nitrogen and oxygen atoms in total. The summed E-state index contributed by atoms with van der Waals surface area (Å²) < 4.78 is 28.2. The van der Waals surface area contributed by atoms with Crippen LogP contribution in [-0.4, -0.2) is 36.2 Å². The Hall–Kier alpha value is -2.00.